The Morgan fingerprint density at radius 3 is 2.50 bits per heavy atom. The Hall–Kier alpha value is -2.04. The lowest BCUT2D eigenvalue weighted by Crippen LogP contribution is -2.49. The van der Waals surface area contributed by atoms with E-state index in [9.17, 15) is 9.59 Å². The van der Waals surface area contributed by atoms with E-state index in [1.54, 1.807) is 0 Å². The quantitative estimate of drug-likeness (QED) is 0.901. The number of para-hydroxylation sites is 1. The predicted molar refractivity (Wildman–Crippen MR) is 91.8 cm³/mol. The van der Waals surface area contributed by atoms with Crippen LogP contribution in [0.3, 0.4) is 0 Å². The second-order valence-corrected chi connectivity index (χ2v) is 6.85. The van der Waals surface area contributed by atoms with Crippen LogP contribution in [-0.2, 0) is 9.59 Å². The van der Waals surface area contributed by atoms with Gasteiger partial charge in [-0.2, -0.15) is 0 Å². The smallest absolute Gasteiger partial charge is 0.258 e. The maximum atomic E-state index is 12.2. The van der Waals surface area contributed by atoms with Crippen molar-refractivity contribution in [2.45, 2.75) is 45.1 Å². The standard InChI is InChI=1S/C19H26N2O3/c1-14-5-2-3-8-17(14)24-13-18(22)20-16-9-11-21(12-10-16)19(23)15-6-4-7-15/h2-3,5,8,15-16H,4,6-7,9-13H2,1H3,(H,20,22). The largest absolute Gasteiger partial charge is 0.484 e. The van der Waals surface area contributed by atoms with Crippen molar-refractivity contribution in [1.82, 2.24) is 10.2 Å². The van der Waals surface area contributed by atoms with Crippen LogP contribution in [0.4, 0.5) is 0 Å². The van der Waals surface area contributed by atoms with Crippen LogP contribution < -0.4 is 10.1 Å². The number of amides is 2. The molecular formula is C19H26N2O3. The Bertz CT molecular complexity index is 590. The number of benzene rings is 1. The van der Waals surface area contributed by atoms with Gasteiger partial charge in [0.1, 0.15) is 5.75 Å². The molecule has 0 spiro atoms. The van der Waals surface area contributed by atoms with Crippen molar-refractivity contribution in [3.63, 3.8) is 0 Å². The van der Waals surface area contributed by atoms with Crippen molar-refractivity contribution in [2.24, 2.45) is 5.92 Å². The highest BCUT2D eigenvalue weighted by Crippen LogP contribution is 2.29. The van der Waals surface area contributed by atoms with Gasteiger partial charge >= 0.3 is 0 Å². The number of nitrogens with one attached hydrogen (secondary N) is 1. The number of ether oxygens (including phenoxy) is 1. The second-order valence-electron chi connectivity index (χ2n) is 6.85. The minimum absolute atomic E-state index is 0.0338. The number of carbonyl (C=O) groups excluding carboxylic acids is 2. The minimum Gasteiger partial charge on any atom is -0.484 e. The highest BCUT2D eigenvalue weighted by molar-refractivity contribution is 5.80. The molecule has 2 amide bonds. The van der Waals surface area contributed by atoms with E-state index in [0.717, 1.165) is 50.1 Å². The van der Waals surface area contributed by atoms with E-state index < -0.39 is 0 Å². The van der Waals surface area contributed by atoms with E-state index in [1.807, 2.05) is 36.1 Å². The molecule has 0 unspecified atom stereocenters. The SMILES string of the molecule is Cc1ccccc1OCC(=O)NC1CCN(C(=O)C2CCC2)CC1. The first kappa shape index (κ1) is 16.8. The van der Waals surface area contributed by atoms with Crippen molar-refractivity contribution in [3.05, 3.63) is 29.8 Å². The number of likely N-dealkylation sites (tertiary alicyclic amines) is 1. The summed E-state index contributed by atoms with van der Waals surface area (Å²) in [4.78, 5) is 26.2. The molecule has 3 rings (SSSR count). The van der Waals surface area contributed by atoms with Crippen LogP contribution in [-0.4, -0.2) is 42.5 Å². The summed E-state index contributed by atoms with van der Waals surface area (Å²) in [5, 5.41) is 3.02. The van der Waals surface area contributed by atoms with Gasteiger partial charge in [0, 0.05) is 25.0 Å². The first-order valence-corrected chi connectivity index (χ1v) is 8.90. The topological polar surface area (TPSA) is 58.6 Å². The molecule has 2 fully saturated rings. The van der Waals surface area contributed by atoms with Gasteiger partial charge in [-0.05, 0) is 44.2 Å². The summed E-state index contributed by atoms with van der Waals surface area (Å²) in [6.45, 7) is 3.49. The summed E-state index contributed by atoms with van der Waals surface area (Å²) in [5.74, 6) is 1.23. The molecule has 1 heterocycles. The summed E-state index contributed by atoms with van der Waals surface area (Å²) in [7, 11) is 0. The lowest BCUT2D eigenvalue weighted by atomic mass is 9.84. The molecule has 1 aromatic rings. The Morgan fingerprint density at radius 2 is 1.88 bits per heavy atom. The van der Waals surface area contributed by atoms with Gasteiger partial charge in [-0.15, -0.1) is 0 Å². The molecule has 1 aliphatic carbocycles. The molecule has 0 atom stereocenters. The molecule has 1 N–H and O–H groups in total. The summed E-state index contributed by atoms with van der Waals surface area (Å²) in [6, 6.07) is 7.81. The molecule has 0 bridgehead atoms. The van der Waals surface area contributed by atoms with Gasteiger partial charge in [-0.1, -0.05) is 24.6 Å². The zero-order valence-electron chi connectivity index (χ0n) is 14.3. The third-order valence-corrected chi connectivity index (χ3v) is 5.08. The Kier molecular flexibility index (Phi) is 5.38. The van der Waals surface area contributed by atoms with Gasteiger partial charge in [0.25, 0.3) is 5.91 Å². The van der Waals surface area contributed by atoms with Crippen molar-refractivity contribution >= 4 is 11.8 Å². The number of rotatable bonds is 5. The number of aryl methyl sites for hydroxylation is 1. The van der Waals surface area contributed by atoms with E-state index in [0.29, 0.717) is 5.91 Å². The van der Waals surface area contributed by atoms with E-state index in [2.05, 4.69) is 5.32 Å². The molecule has 5 heteroatoms. The highest BCUT2D eigenvalue weighted by atomic mass is 16.5. The van der Waals surface area contributed by atoms with E-state index in [4.69, 9.17) is 4.74 Å². The Balaban J connectivity index is 1.38. The van der Waals surface area contributed by atoms with Gasteiger partial charge in [-0.25, -0.2) is 0 Å². The van der Waals surface area contributed by atoms with Crippen LogP contribution in [0.15, 0.2) is 24.3 Å². The van der Waals surface area contributed by atoms with Gasteiger partial charge in [0.05, 0.1) is 0 Å². The highest BCUT2D eigenvalue weighted by Gasteiger charge is 2.31. The van der Waals surface area contributed by atoms with Crippen LogP contribution in [0.1, 0.15) is 37.7 Å². The number of hydrogen-bond donors (Lipinski definition) is 1. The van der Waals surface area contributed by atoms with Crippen molar-refractivity contribution < 1.29 is 14.3 Å². The number of nitrogens with zero attached hydrogens (tertiary/aromatic N) is 1. The fourth-order valence-electron chi connectivity index (χ4n) is 3.29. The molecule has 0 radical (unpaired) electrons. The summed E-state index contributed by atoms with van der Waals surface area (Å²) in [6.07, 6.45) is 4.93. The van der Waals surface area contributed by atoms with Crippen LogP contribution in [0.2, 0.25) is 0 Å². The summed E-state index contributed by atoms with van der Waals surface area (Å²) in [5.41, 5.74) is 1.02. The number of hydrogen-bond acceptors (Lipinski definition) is 3. The summed E-state index contributed by atoms with van der Waals surface area (Å²) >= 11 is 0. The maximum Gasteiger partial charge on any atom is 0.258 e. The Morgan fingerprint density at radius 1 is 1.17 bits per heavy atom. The molecule has 0 aromatic heterocycles. The average Bonchev–Trinajstić information content (AvgIpc) is 2.53. The fraction of sp³-hybridized carbons (Fsp3) is 0.579. The third-order valence-electron chi connectivity index (χ3n) is 5.08. The molecule has 5 nitrogen and oxygen atoms in total. The lowest BCUT2D eigenvalue weighted by Gasteiger charge is -2.36. The monoisotopic (exact) mass is 330 g/mol. The van der Waals surface area contributed by atoms with Crippen LogP contribution in [0, 0.1) is 12.8 Å². The lowest BCUT2D eigenvalue weighted by molar-refractivity contribution is -0.139. The second kappa shape index (κ2) is 7.69. The molecule has 24 heavy (non-hydrogen) atoms. The first-order chi connectivity index (χ1) is 11.6. The zero-order chi connectivity index (χ0) is 16.9. The van der Waals surface area contributed by atoms with E-state index in [1.165, 1.54) is 6.42 Å². The Labute approximate surface area is 143 Å². The first-order valence-electron chi connectivity index (χ1n) is 8.90. The van der Waals surface area contributed by atoms with Crippen LogP contribution >= 0.6 is 0 Å². The molecule has 1 saturated heterocycles. The molecule has 1 saturated carbocycles. The van der Waals surface area contributed by atoms with Gasteiger partial charge in [0.2, 0.25) is 5.91 Å². The number of carbonyl (C=O) groups is 2. The third kappa shape index (κ3) is 4.08. The normalized spacial score (nSPS) is 18.8. The molecular weight excluding hydrogens is 304 g/mol. The minimum atomic E-state index is -0.0953. The molecule has 1 aliphatic heterocycles. The van der Waals surface area contributed by atoms with Gasteiger partial charge < -0.3 is 15.0 Å². The van der Waals surface area contributed by atoms with Crippen LogP contribution in [0.25, 0.3) is 0 Å². The summed E-state index contributed by atoms with van der Waals surface area (Å²) < 4.78 is 5.58. The maximum absolute atomic E-state index is 12.2. The van der Waals surface area contributed by atoms with Crippen LogP contribution in [0.5, 0.6) is 5.75 Å². The zero-order valence-corrected chi connectivity index (χ0v) is 14.3. The predicted octanol–water partition coefficient (Wildman–Crippen LogP) is 2.28. The van der Waals surface area contributed by atoms with Gasteiger partial charge in [0.15, 0.2) is 6.61 Å². The average molecular weight is 330 g/mol. The van der Waals surface area contributed by atoms with E-state index in [-0.39, 0.29) is 24.5 Å². The fourth-order valence-corrected chi connectivity index (χ4v) is 3.29. The van der Waals surface area contributed by atoms with Gasteiger partial charge in [-0.3, -0.25) is 9.59 Å². The molecule has 2 aliphatic rings. The van der Waals surface area contributed by atoms with Crippen molar-refractivity contribution in [2.75, 3.05) is 19.7 Å². The molecule has 130 valence electrons. The number of piperidine rings is 1. The van der Waals surface area contributed by atoms with Crippen molar-refractivity contribution in [3.8, 4) is 5.75 Å². The van der Waals surface area contributed by atoms with E-state index >= 15 is 0 Å². The molecule has 1 aromatic carbocycles. The van der Waals surface area contributed by atoms with Crippen molar-refractivity contribution in [1.29, 1.82) is 0 Å².